The quantitative estimate of drug-likeness (QED) is 0.856. The smallest absolute Gasteiger partial charge is 0.230 e. The molecule has 0 aromatic carbocycles. The summed E-state index contributed by atoms with van der Waals surface area (Å²) < 4.78 is 2.03. The van der Waals surface area contributed by atoms with Crippen molar-refractivity contribution in [2.45, 2.75) is 43.8 Å². The lowest BCUT2D eigenvalue weighted by Gasteiger charge is -2.28. The summed E-state index contributed by atoms with van der Waals surface area (Å²) in [5, 5.41) is 4.10. The number of amides is 1. The summed E-state index contributed by atoms with van der Waals surface area (Å²) in [7, 11) is 0. The topological polar surface area (TPSA) is 46.4 Å². The Balaban J connectivity index is 1.32. The predicted molar refractivity (Wildman–Crippen MR) is 92.5 cm³/mol. The molecule has 0 unspecified atom stereocenters. The van der Waals surface area contributed by atoms with E-state index in [1.165, 1.54) is 37.4 Å². The Morgan fingerprint density at radius 1 is 1.43 bits per heavy atom. The first-order valence-corrected chi connectivity index (χ1v) is 9.53. The van der Waals surface area contributed by atoms with Gasteiger partial charge in [0, 0.05) is 12.2 Å². The van der Waals surface area contributed by atoms with Crippen LogP contribution >= 0.6 is 11.8 Å². The van der Waals surface area contributed by atoms with Crippen LogP contribution in [0.5, 0.6) is 0 Å². The van der Waals surface area contributed by atoms with Crippen LogP contribution in [0.4, 0.5) is 0 Å². The Hall–Kier alpha value is -1.49. The summed E-state index contributed by atoms with van der Waals surface area (Å²) in [5.41, 5.74) is 1.06. The van der Waals surface area contributed by atoms with Crippen LogP contribution in [-0.2, 0) is 4.79 Å². The van der Waals surface area contributed by atoms with Gasteiger partial charge in [0.05, 0.1) is 17.5 Å². The molecule has 2 saturated carbocycles. The van der Waals surface area contributed by atoms with Crippen LogP contribution in [0, 0.1) is 17.8 Å². The molecule has 2 aromatic heterocycles. The normalized spacial score (nSPS) is 27.4. The lowest BCUT2D eigenvalue weighted by molar-refractivity contribution is -0.119. The van der Waals surface area contributed by atoms with Crippen molar-refractivity contribution in [3.8, 4) is 0 Å². The van der Waals surface area contributed by atoms with E-state index in [0.717, 1.165) is 22.5 Å². The van der Waals surface area contributed by atoms with Crippen LogP contribution in [-0.4, -0.2) is 27.1 Å². The molecule has 2 heterocycles. The van der Waals surface area contributed by atoms with Crippen LogP contribution in [0.1, 0.15) is 32.6 Å². The van der Waals surface area contributed by atoms with Gasteiger partial charge in [0.25, 0.3) is 0 Å². The molecule has 2 aromatic rings. The highest BCUT2D eigenvalue weighted by Crippen LogP contribution is 2.49. The minimum atomic E-state index is 0.123. The van der Waals surface area contributed by atoms with Gasteiger partial charge < -0.3 is 5.32 Å². The maximum atomic E-state index is 12.3. The zero-order chi connectivity index (χ0) is 15.8. The van der Waals surface area contributed by atoms with Gasteiger partial charge in [-0.2, -0.15) is 0 Å². The zero-order valence-electron chi connectivity index (χ0n) is 13.4. The maximum Gasteiger partial charge on any atom is 0.230 e. The molecule has 23 heavy (non-hydrogen) atoms. The number of hydrogen-bond acceptors (Lipinski definition) is 3. The van der Waals surface area contributed by atoms with E-state index in [0.29, 0.717) is 17.7 Å². The molecule has 1 N–H and O–H groups in total. The van der Waals surface area contributed by atoms with Crippen molar-refractivity contribution >= 4 is 23.2 Å². The van der Waals surface area contributed by atoms with E-state index >= 15 is 0 Å². The highest BCUT2D eigenvalue weighted by atomic mass is 32.2. The van der Waals surface area contributed by atoms with Gasteiger partial charge in [0.1, 0.15) is 0 Å². The molecule has 2 bridgehead atoms. The highest BCUT2D eigenvalue weighted by molar-refractivity contribution is 7.99. The van der Waals surface area contributed by atoms with Gasteiger partial charge in [-0.1, -0.05) is 24.2 Å². The van der Waals surface area contributed by atoms with E-state index in [2.05, 4.69) is 17.2 Å². The predicted octanol–water partition coefficient (Wildman–Crippen LogP) is 3.37. The number of thioether (sulfide) groups is 1. The summed E-state index contributed by atoms with van der Waals surface area (Å²) >= 11 is 1.50. The van der Waals surface area contributed by atoms with Gasteiger partial charge in [-0.05, 0) is 56.1 Å². The molecule has 4 atom stereocenters. The summed E-state index contributed by atoms with van der Waals surface area (Å²) in [6, 6.07) is 6.30. The van der Waals surface area contributed by atoms with Gasteiger partial charge >= 0.3 is 0 Å². The van der Waals surface area contributed by atoms with E-state index in [1.54, 1.807) is 0 Å². The van der Waals surface area contributed by atoms with Crippen molar-refractivity contribution in [1.82, 2.24) is 14.7 Å². The molecule has 0 saturated heterocycles. The van der Waals surface area contributed by atoms with Crippen molar-refractivity contribution in [2.24, 2.45) is 17.8 Å². The Kier molecular flexibility index (Phi) is 4.05. The molecular formula is C18H23N3OS. The maximum absolute atomic E-state index is 12.3. The number of pyridine rings is 1. The third-order valence-electron chi connectivity index (χ3n) is 5.56. The van der Waals surface area contributed by atoms with Crippen molar-refractivity contribution in [1.29, 1.82) is 0 Å². The third kappa shape index (κ3) is 2.99. The first kappa shape index (κ1) is 15.1. The molecule has 2 aliphatic rings. The molecule has 4 nitrogen and oxygen atoms in total. The molecular weight excluding hydrogens is 306 g/mol. The number of carbonyl (C=O) groups is 1. The number of rotatable bonds is 5. The van der Waals surface area contributed by atoms with E-state index in [1.807, 2.05) is 35.0 Å². The minimum absolute atomic E-state index is 0.123. The van der Waals surface area contributed by atoms with E-state index < -0.39 is 0 Å². The fourth-order valence-corrected chi connectivity index (χ4v) is 5.24. The average molecular weight is 329 g/mol. The van der Waals surface area contributed by atoms with Crippen LogP contribution in [0.2, 0.25) is 0 Å². The van der Waals surface area contributed by atoms with Crippen molar-refractivity contribution in [3.63, 3.8) is 0 Å². The number of hydrogen-bond donors (Lipinski definition) is 1. The molecule has 4 rings (SSSR count). The molecule has 1 amide bonds. The molecule has 2 aliphatic carbocycles. The van der Waals surface area contributed by atoms with Crippen molar-refractivity contribution < 1.29 is 4.79 Å². The Morgan fingerprint density at radius 3 is 3.13 bits per heavy atom. The Bertz CT molecular complexity index is 713. The zero-order valence-corrected chi connectivity index (χ0v) is 14.3. The summed E-state index contributed by atoms with van der Waals surface area (Å²) in [4.78, 5) is 16.7. The van der Waals surface area contributed by atoms with Crippen molar-refractivity contribution in [3.05, 3.63) is 30.6 Å². The molecule has 5 heteroatoms. The second-order valence-corrected chi connectivity index (χ2v) is 7.96. The first-order chi connectivity index (χ1) is 11.2. The first-order valence-electron chi connectivity index (χ1n) is 8.55. The molecule has 0 aliphatic heterocycles. The summed E-state index contributed by atoms with van der Waals surface area (Å²) in [5.74, 6) is 3.02. The van der Waals surface area contributed by atoms with Gasteiger partial charge in [0.15, 0.2) is 5.16 Å². The van der Waals surface area contributed by atoms with Gasteiger partial charge in [-0.15, -0.1) is 0 Å². The monoisotopic (exact) mass is 329 g/mol. The molecule has 2 fully saturated rings. The standard InChI is InChI=1S/C18H23N3OS/c1-12(16-9-13-5-6-14(16)8-13)20-17(22)11-23-18-19-10-15-4-2-3-7-21(15)18/h2-4,7,10,12-14,16H,5-6,8-9,11H2,1H3,(H,20,22)/t12-,13+,14+,16+/m1/s1. The Morgan fingerprint density at radius 2 is 2.35 bits per heavy atom. The number of fused-ring (bicyclic) bond motifs is 3. The minimum Gasteiger partial charge on any atom is -0.353 e. The van der Waals surface area contributed by atoms with Crippen LogP contribution in [0.3, 0.4) is 0 Å². The Labute approximate surface area is 141 Å². The fraction of sp³-hybridized carbons (Fsp3) is 0.556. The van der Waals surface area contributed by atoms with E-state index in [-0.39, 0.29) is 5.91 Å². The van der Waals surface area contributed by atoms with Gasteiger partial charge in [-0.25, -0.2) is 4.98 Å². The number of carbonyl (C=O) groups excluding carboxylic acids is 1. The van der Waals surface area contributed by atoms with Crippen molar-refractivity contribution in [2.75, 3.05) is 5.75 Å². The third-order valence-corrected chi connectivity index (χ3v) is 6.53. The molecule has 0 spiro atoms. The average Bonchev–Trinajstić information content (AvgIpc) is 3.28. The van der Waals surface area contributed by atoms with Crippen LogP contribution < -0.4 is 5.32 Å². The van der Waals surface area contributed by atoms with Crippen LogP contribution in [0.25, 0.3) is 5.52 Å². The second-order valence-electron chi connectivity index (χ2n) is 7.02. The fourth-order valence-electron chi connectivity index (χ4n) is 4.47. The van der Waals surface area contributed by atoms with Gasteiger partial charge in [0.2, 0.25) is 5.91 Å². The highest BCUT2D eigenvalue weighted by Gasteiger charge is 2.42. The second kappa shape index (κ2) is 6.19. The summed E-state index contributed by atoms with van der Waals surface area (Å²) in [6.45, 7) is 2.18. The largest absolute Gasteiger partial charge is 0.353 e. The molecule has 0 radical (unpaired) electrons. The summed E-state index contributed by atoms with van der Waals surface area (Å²) in [6.07, 6.45) is 9.30. The number of nitrogens with zero attached hydrogens (tertiary/aromatic N) is 2. The molecule has 122 valence electrons. The van der Waals surface area contributed by atoms with Gasteiger partial charge in [-0.3, -0.25) is 9.20 Å². The number of nitrogens with one attached hydrogen (secondary N) is 1. The van der Waals surface area contributed by atoms with E-state index in [9.17, 15) is 4.79 Å². The SMILES string of the molecule is C[C@@H](NC(=O)CSc1ncc2ccccn12)[C@@H]1C[C@H]2CC[C@H]1C2. The van der Waals surface area contributed by atoms with Crippen LogP contribution in [0.15, 0.2) is 35.7 Å². The lowest BCUT2D eigenvalue weighted by Crippen LogP contribution is -2.40. The number of imidazole rings is 1. The lowest BCUT2D eigenvalue weighted by atomic mass is 9.84. The number of aromatic nitrogens is 2. The van der Waals surface area contributed by atoms with E-state index in [4.69, 9.17) is 0 Å².